The Balaban J connectivity index is 1.49. The van der Waals surface area contributed by atoms with Crippen LogP contribution >= 0.6 is 0 Å². The van der Waals surface area contributed by atoms with Crippen LogP contribution < -0.4 is 10.2 Å². The van der Waals surface area contributed by atoms with Gasteiger partial charge in [0, 0.05) is 50.4 Å². The van der Waals surface area contributed by atoms with E-state index in [1.54, 1.807) is 6.07 Å². The van der Waals surface area contributed by atoms with E-state index in [4.69, 9.17) is 0 Å². The van der Waals surface area contributed by atoms with Crippen molar-refractivity contribution < 1.29 is 14.0 Å². The second kappa shape index (κ2) is 8.77. The van der Waals surface area contributed by atoms with Gasteiger partial charge < -0.3 is 15.1 Å². The van der Waals surface area contributed by atoms with Crippen molar-refractivity contribution in [1.29, 1.82) is 0 Å². The predicted octanol–water partition coefficient (Wildman–Crippen LogP) is 3.18. The molecule has 0 radical (unpaired) electrons. The van der Waals surface area contributed by atoms with Crippen LogP contribution in [0.4, 0.5) is 15.8 Å². The minimum atomic E-state index is -0.553. The van der Waals surface area contributed by atoms with E-state index in [2.05, 4.69) is 22.2 Å². The van der Waals surface area contributed by atoms with Crippen molar-refractivity contribution in [3.8, 4) is 0 Å². The fourth-order valence-corrected chi connectivity index (χ4v) is 3.09. The van der Waals surface area contributed by atoms with Crippen molar-refractivity contribution in [3.05, 3.63) is 59.9 Å². The predicted molar refractivity (Wildman–Crippen MR) is 105 cm³/mol. The largest absolute Gasteiger partial charge is 0.369 e. The molecule has 2 aromatic rings. The number of amides is 1. The first-order valence-corrected chi connectivity index (χ1v) is 9.14. The number of benzene rings is 2. The fourth-order valence-electron chi connectivity index (χ4n) is 3.09. The Kier molecular flexibility index (Phi) is 6.19. The zero-order valence-electron chi connectivity index (χ0n) is 15.5. The lowest BCUT2D eigenvalue weighted by atomic mass is 10.1. The van der Waals surface area contributed by atoms with Crippen molar-refractivity contribution in [2.24, 2.45) is 0 Å². The van der Waals surface area contributed by atoms with Crippen LogP contribution in [0.1, 0.15) is 23.2 Å². The zero-order valence-corrected chi connectivity index (χ0v) is 15.5. The minimum Gasteiger partial charge on any atom is -0.369 e. The molecule has 0 aliphatic carbocycles. The second-order valence-corrected chi connectivity index (χ2v) is 6.79. The molecular weight excluding hydrogens is 345 g/mol. The topological polar surface area (TPSA) is 52.6 Å². The molecular formula is C21H24FN3O2. The first-order valence-electron chi connectivity index (χ1n) is 9.14. The van der Waals surface area contributed by atoms with Crippen LogP contribution in [-0.4, -0.2) is 49.8 Å². The number of Topliss-reactive ketones (excluding diaryl/α,β-unsaturated/α-hetero) is 1. The van der Waals surface area contributed by atoms with Gasteiger partial charge in [0.2, 0.25) is 5.91 Å². The minimum absolute atomic E-state index is 0.0212. The number of likely N-dealkylation sites (N-methyl/N-ethyl adjacent to an activating group) is 1. The number of hydrogen-bond donors (Lipinski definition) is 1. The Bertz CT molecular complexity index is 799. The highest BCUT2D eigenvalue weighted by atomic mass is 19.1. The summed E-state index contributed by atoms with van der Waals surface area (Å²) in [5, 5.41) is 2.79. The summed E-state index contributed by atoms with van der Waals surface area (Å²) in [6.07, 6.45) is -0.000472. The molecule has 1 N–H and O–H groups in total. The molecule has 142 valence electrons. The maximum atomic E-state index is 13.6. The van der Waals surface area contributed by atoms with E-state index in [0.29, 0.717) is 5.69 Å². The SMILES string of the molecule is CN1CCN(c2ccc(NC(=O)CCC(=O)c3ccccc3F)cc2)CC1. The Hall–Kier alpha value is -2.73. The van der Waals surface area contributed by atoms with Gasteiger partial charge in [-0.05, 0) is 43.4 Å². The lowest BCUT2D eigenvalue weighted by Crippen LogP contribution is -2.44. The van der Waals surface area contributed by atoms with E-state index in [1.807, 2.05) is 24.3 Å². The van der Waals surface area contributed by atoms with Crippen LogP contribution in [0.2, 0.25) is 0 Å². The molecule has 0 spiro atoms. The monoisotopic (exact) mass is 369 g/mol. The number of halogens is 1. The molecule has 1 aliphatic rings. The summed E-state index contributed by atoms with van der Waals surface area (Å²) in [5.74, 6) is -1.18. The number of carbonyl (C=O) groups is 2. The number of carbonyl (C=O) groups excluding carboxylic acids is 2. The molecule has 1 amide bonds. The first kappa shape index (κ1) is 19.0. The van der Waals surface area contributed by atoms with Gasteiger partial charge in [-0.25, -0.2) is 4.39 Å². The van der Waals surface area contributed by atoms with E-state index in [9.17, 15) is 14.0 Å². The third-order valence-corrected chi connectivity index (χ3v) is 4.77. The number of piperazine rings is 1. The van der Waals surface area contributed by atoms with Crippen LogP contribution in [-0.2, 0) is 4.79 Å². The lowest BCUT2D eigenvalue weighted by Gasteiger charge is -2.34. The smallest absolute Gasteiger partial charge is 0.224 e. The molecule has 0 aromatic heterocycles. The number of nitrogens with zero attached hydrogens (tertiary/aromatic N) is 2. The molecule has 1 heterocycles. The zero-order chi connectivity index (χ0) is 19.2. The summed E-state index contributed by atoms with van der Waals surface area (Å²) in [4.78, 5) is 28.7. The molecule has 0 saturated carbocycles. The van der Waals surface area contributed by atoms with Crippen LogP contribution in [0.5, 0.6) is 0 Å². The number of nitrogens with one attached hydrogen (secondary N) is 1. The summed E-state index contributed by atoms with van der Waals surface area (Å²) in [5.41, 5.74) is 1.86. The van der Waals surface area contributed by atoms with Gasteiger partial charge in [0.15, 0.2) is 5.78 Å². The van der Waals surface area contributed by atoms with Crippen LogP contribution in [0.25, 0.3) is 0 Å². The van der Waals surface area contributed by atoms with E-state index >= 15 is 0 Å². The van der Waals surface area contributed by atoms with Crippen molar-refractivity contribution >= 4 is 23.1 Å². The molecule has 0 bridgehead atoms. The van der Waals surface area contributed by atoms with Gasteiger partial charge in [0.25, 0.3) is 0 Å². The Morgan fingerprint density at radius 2 is 1.63 bits per heavy atom. The Morgan fingerprint density at radius 1 is 0.963 bits per heavy atom. The quantitative estimate of drug-likeness (QED) is 0.795. The first-order chi connectivity index (χ1) is 13.0. The molecule has 1 fully saturated rings. The second-order valence-electron chi connectivity index (χ2n) is 6.79. The Morgan fingerprint density at radius 3 is 2.30 bits per heavy atom. The highest BCUT2D eigenvalue weighted by molar-refractivity contribution is 6.00. The van der Waals surface area contributed by atoms with E-state index in [-0.39, 0.29) is 30.1 Å². The molecule has 27 heavy (non-hydrogen) atoms. The molecule has 5 nitrogen and oxygen atoms in total. The van der Waals surface area contributed by atoms with Gasteiger partial charge in [-0.3, -0.25) is 9.59 Å². The molecule has 3 rings (SSSR count). The normalized spacial score (nSPS) is 14.8. The third kappa shape index (κ3) is 5.14. The van der Waals surface area contributed by atoms with E-state index in [0.717, 1.165) is 31.9 Å². The summed E-state index contributed by atoms with van der Waals surface area (Å²) in [6, 6.07) is 13.5. The highest BCUT2D eigenvalue weighted by Gasteiger charge is 2.15. The number of hydrogen-bond acceptors (Lipinski definition) is 4. The summed E-state index contributed by atoms with van der Waals surface area (Å²) < 4.78 is 13.6. The standard InChI is InChI=1S/C21H24FN3O2/c1-24-12-14-25(15-13-24)17-8-6-16(7-9-17)23-21(27)11-10-20(26)18-4-2-3-5-19(18)22/h2-9H,10-15H2,1H3,(H,23,27). The highest BCUT2D eigenvalue weighted by Crippen LogP contribution is 2.19. The van der Waals surface area contributed by atoms with Crippen molar-refractivity contribution in [3.63, 3.8) is 0 Å². The van der Waals surface area contributed by atoms with Gasteiger partial charge in [-0.15, -0.1) is 0 Å². The molecule has 1 saturated heterocycles. The summed E-state index contributed by atoms with van der Waals surface area (Å²) >= 11 is 0. The van der Waals surface area contributed by atoms with Gasteiger partial charge in [-0.1, -0.05) is 12.1 Å². The number of rotatable bonds is 6. The number of anilines is 2. The molecule has 0 atom stereocenters. The maximum absolute atomic E-state index is 13.6. The van der Waals surface area contributed by atoms with Gasteiger partial charge in [0.1, 0.15) is 5.82 Å². The van der Waals surface area contributed by atoms with Crippen molar-refractivity contribution in [1.82, 2.24) is 4.90 Å². The van der Waals surface area contributed by atoms with Crippen molar-refractivity contribution in [2.45, 2.75) is 12.8 Å². The van der Waals surface area contributed by atoms with Crippen molar-refractivity contribution in [2.75, 3.05) is 43.4 Å². The third-order valence-electron chi connectivity index (χ3n) is 4.77. The molecule has 1 aliphatic heterocycles. The fraction of sp³-hybridized carbons (Fsp3) is 0.333. The van der Waals surface area contributed by atoms with Gasteiger partial charge in [-0.2, -0.15) is 0 Å². The van der Waals surface area contributed by atoms with Gasteiger partial charge in [0.05, 0.1) is 5.56 Å². The maximum Gasteiger partial charge on any atom is 0.224 e. The van der Waals surface area contributed by atoms with Gasteiger partial charge >= 0.3 is 0 Å². The van der Waals surface area contributed by atoms with E-state index < -0.39 is 5.82 Å². The summed E-state index contributed by atoms with van der Waals surface area (Å²) in [6.45, 7) is 4.05. The summed E-state index contributed by atoms with van der Waals surface area (Å²) in [7, 11) is 2.12. The van der Waals surface area contributed by atoms with Crippen LogP contribution in [0.3, 0.4) is 0 Å². The van der Waals surface area contributed by atoms with E-state index in [1.165, 1.54) is 18.2 Å². The number of ketones is 1. The molecule has 6 heteroatoms. The van der Waals surface area contributed by atoms with Crippen LogP contribution in [0, 0.1) is 5.82 Å². The average molecular weight is 369 g/mol. The average Bonchev–Trinajstić information content (AvgIpc) is 2.68. The Labute approximate surface area is 158 Å². The van der Waals surface area contributed by atoms with Crippen LogP contribution in [0.15, 0.2) is 48.5 Å². The molecule has 0 unspecified atom stereocenters. The molecule has 2 aromatic carbocycles. The lowest BCUT2D eigenvalue weighted by molar-refractivity contribution is -0.116.